The first kappa shape index (κ1) is 14.3. The largest absolute Gasteiger partial charge is 0.454 e. The van der Waals surface area contributed by atoms with Gasteiger partial charge in [0, 0.05) is 0 Å². The van der Waals surface area contributed by atoms with Gasteiger partial charge in [0.15, 0.2) is 0 Å². The molecule has 0 radical (unpaired) electrons. The lowest BCUT2D eigenvalue weighted by Gasteiger charge is -2.05. The van der Waals surface area contributed by atoms with Crippen LogP contribution in [0.3, 0.4) is 0 Å². The molecule has 0 spiro atoms. The molecule has 0 atom stereocenters. The molecule has 0 saturated carbocycles. The van der Waals surface area contributed by atoms with E-state index >= 15 is 0 Å². The third-order valence-corrected chi connectivity index (χ3v) is 3.48. The van der Waals surface area contributed by atoms with Gasteiger partial charge >= 0.3 is 6.18 Å². The standard InChI is InChI=1S/C18H11F3O/c19-18(20,21)17(22)10-6-12-5-9-16-14(11-12)8-7-13-3-1-2-4-15(13)16/h1-11H/b10-6+. The molecule has 0 heterocycles. The van der Waals surface area contributed by atoms with Gasteiger partial charge in [0.1, 0.15) is 0 Å². The van der Waals surface area contributed by atoms with E-state index in [1.54, 1.807) is 12.1 Å². The van der Waals surface area contributed by atoms with Crippen molar-refractivity contribution in [2.24, 2.45) is 0 Å². The predicted molar refractivity (Wildman–Crippen MR) is 81.6 cm³/mol. The minimum absolute atomic E-state index is 0.556. The molecular formula is C18H11F3O. The first-order valence-corrected chi connectivity index (χ1v) is 6.66. The lowest BCUT2D eigenvalue weighted by molar-refractivity contribution is -0.165. The molecule has 22 heavy (non-hydrogen) atoms. The summed E-state index contributed by atoms with van der Waals surface area (Å²) < 4.78 is 36.5. The summed E-state index contributed by atoms with van der Waals surface area (Å²) in [5, 5.41) is 4.13. The molecule has 0 fully saturated rings. The van der Waals surface area contributed by atoms with E-state index in [0.717, 1.165) is 21.5 Å². The van der Waals surface area contributed by atoms with Crippen molar-refractivity contribution in [3.8, 4) is 0 Å². The Bertz CT molecular complexity index is 892. The predicted octanol–water partition coefficient (Wildman–Crippen LogP) is 5.14. The first-order valence-electron chi connectivity index (χ1n) is 6.66. The molecule has 3 aromatic rings. The molecule has 0 bridgehead atoms. The van der Waals surface area contributed by atoms with Gasteiger partial charge in [-0.25, -0.2) is 0 Å². The number of ketones is 1. The molecule has 0 amide bonds. The summed E-state index contributed by atoms with van der Waals surface area (Å²) in [5.41, 5.74) is 0.556. The number of rotatable bonds is 2. The van der Waals surface area contributed by atoms with Gasteiger partial charge in [-0.1, -0.05) is 54.6 Å². The number of carbonyl (C=O) groups is 1. The summed E-state index contributed by atoms with van der Waals surface area (Å²) in [4.78, 5) is 10.9. The van der Waals surface area contributed by atoms with Crippen molar-refractivity contribution in [2.45, 2.75) is 6.18 Å². The normalized spacial score (nSPS) is 12.3. The average molecular weight is 300 g/mol. The fraction of sp³-hybridized carbons (Fsp3) is 0.0556. The lowest BCUT2D eigenvalue weighted by atomic mass is 10.00. The van der Waals surface area contributed by atoms with E-state index in [1.165, 1.54) is 6.08 Å². The van der Waals surface area contributed by atoms with Gasteiger partial charge in [0.2, 0.25) is 0 Å². The molecule has 0 aliphatic carbocycles. The number of benzene rings is 3. The van der Waals surface area contributed by atoms with Crippen LogP contribution in [0.25, 0.3) is 27.6 Å². The van der Waals surface area contributed by atoms with Crippen LogP contribution in [0.1, 0.15) is 5.56 Å². The van der Waals surface area contributed by atoms with Crippen molar-refractivity contribution < 1.29 is 18.0 Å². The van der Waals surface area contributed by atoms with Crippen LogP contribution in [-0.4, -0.2) is 12.0 Å². The minimum Gasteiger partial charge on any atom is -0.285 e. The summed E-state index contributed by atoms with van der Waals surface area (Å²) in [6.07, 6.45) is -3.09. The molecule has 110 valence electrons. The van der Waals surface area contributed by atoms with Gasteiger partial charge in [-0.05, 0) is 39.3 Å². The maximum Gasteiger partial charge on any atom is 0.454 e. The summed E-state index contributed by atoms with van der Waals surface area (Å²) in [6.45, 7) is 0. The SMILES string of the molecule is O=C(/C=C/c1ccc2c(ccc3ccccc32)c1)C(F)(F)F. The van der Waals surface area contributed by atoms with Gasteiger partial charge in [-0.3, -0.25) is 4.79 Å². The molecular weight excluding hydrogens is 289 g/mol. The number of alkyl halides is 3. The fourth-order valence-electron chi connectivity index (χ4n) is 2.40. The maximum absolute atomic E-state index is 12.2. The Hall–Kier alpha value is -2.62. The summed E-state index contributed by atoms with van der Waals surface area (Å²) >= 11 is 0. The average Bonchev–Trinajstić information content (AvgIpc) is 2.51. The van der Waals surface area contributed by atoms with Crippen LogP contribution in [-0.2, 0) is 4.79 Å². The Morgan fingerprint density at radius 3 is 2.32 bits per heavy atom. The van der Waals surface area contributed by atoms with E-state index in [9.17, 15) is 18.0 Å². The topological polar surface area (TPSA) is 17.1 Å². The molecule has 0 saturated heterocycles. The van der Waals surface area contributed by atoms with Crippen molar-refractivity contribution in [2.75, 3.05) is 0 Å². The molecule has 3 rings (SSSR count). The Balaban J connectivity index is 2.02. The number of hydrogen-bond donors (Lipinski definition) is 0. The zero-order valence-electron chi connectivity index (χ0n) is 11.4. The van der Waals surface area contributed by atoms with Crippen LogP contribution >= 0.6 is 0 Å². The van der Waals surface area contributed by atoms with Crippen LogP contribution in [0.15, 0.2) is 60.7 Å². The zero-order valence-corrected chi connectivity index (χ0v) is 11.4. The van der Waals surface area contributed by atoms with Crippen LogP contribution in [0.4, 0.5) is 13.2 Å². The third-order valence-electron chi connectivity index (χ3n) is 3.48. The van der Waals surface area contributed by atoms with Crippen molar-refractivity contribution in [1.29, 1.82) is 0 Å². The molecule has 1 nitrogen and oxygen atoms in total. The summed E-state index contributed by atoms with van der Waals surface area (Å²) in [6, 6.07) is 17.1. The summed E-state index contributed by atoms with van der Waals surface area (Å²) in [7, 11) is 0. The number of allylic oxidation sites excluding steroid dienone is 1. The Morgan fingerprint density at radius 2 is 1.55 bits per heavy atom. The smallest absolute Gasteiger partial charge is 0.285 e. The van der Waals surface area contributed by atoms with Gasteiger partial charge in [-0.15, -0.1) is 0 Å². The third kappa shape index (κ3) is 2.72. The highest BCUT2D eigenvalue weighted by molar-refractivity contribution is 6.08. The zero-order chi connectivity index (χ0) is 15.7. The van der Waals surface area contributed by atoms with Crippen molar-refractivity contribution in [3.63, 3.8) is 0 Å². The van der Waals surface area contributed by atoms with Gasteiger partial charge < -0.3 is 0 Å². The second-order valence-electron chi connectivity index (χ2n) is 4.96. The van der Waals surface area contributed by atoms with Gasteiger partial charge in [0.05, 0.1) is 0 Å². The van der Waals surface area contributed by atoms with Crippen LogP contribution in [0.2, 0.25) is 0 Å². The second kappa shape index (κ2) is 5.30. The van der Waals surface area contributed by atoms with E-state index in [4.69, 9.17) is 0 Å². The molecule has 3 aromatic carbocycles. The Morgan fingerprint density at radius 1 is 0.864 bits per heavy atom. The van der Waals surface area contributed by atoms with E-state index in [2.05, 4.69) is 0 Å². The molecule has 4 heteroatoms. The Kier molecular flexibility index (Phi) is 3.45. The van der Waals surface area contributed by atoms with E-state index in [-0.39, 0.29) is 0 Å². The highest BCUT2D eigenvalue weighted by Gasteiger charge is 2.35. The van der Waals surface area contributed by atoms with Gasteiger partial charge in [-0.2, -0.15) is 13.2 Å². The quantitative estimate of drug-likeness (QED) is 0.473. The van der Waals surface area contributed by atoms with Crippen LogP contribution < -0.4 is 0 Å². The maximum atomic E-state index is 12.2. The molecule has 0 aliphatic heterocycles. The second-order valence-corrected chi connectivity index (χ2v) is 4.96. The van der Waals surface area contributed by atoms with E-state index in [0.29, 0.717) is 11.6 Å². The fourth-order valence-corrected chi connectivity index (χ4v) is 2.40. The number of carbonyl (C=O) groups excluding carboxylic acids is 1. The van der Waals surface area contributed by atoms with E-state index < -0.39 is 12.0 Å². The van der Waals surface area contributed by atoms with Crippen LogP contribution in [0, 0.1) is 0 Å². The highest BCUT2D eigenvalue weighted by Crippen LogP contribution is 2.26. The monoisotopic (exact) mass is 300 g/mol. The number of hydrogen-bond acceptors (Lipinski definition) is 1. The minimum atomic E-state index is -4.83. The summed E-state index contributed by atoms with van der Waals surface area (Å²) in [5.74, 6) is -1.86. The molecule has 0 aliphatic rings. The van der Waals surface area contributed by atoms with E-state index in [1.807, 2.05) is 42.5 Å². The lowest BCUT2D eigenvalue weighted by Crippen LogP contribution is -2.19. The van der Waals surface area contributed by atoms with Gasteiger partial charge in [0.25, 0.3) is 5.78 Å². The van der Waals surface area contributed by atoms with Crippen molar-refractivity contribution >= 4 is 33.4 Å². The Labute approximate surface area is 124 Å². The van der Waals surface area contributed by atoms with Crippen molar-refractivity contribution in [1.82, 2.24) is 0 Å². The number of halogens is 3. The molecule has 0 N–H and O–H groups in total. The number of fused-ring (bicyclic) bond motifs is 3. The first-order chi connectivity index (χ1) is 10.4. The molecule has 0 unspecified atom stereocenters. The highest BCUT2D eigenvalue weighted by atomic mass is 19.4. The molecule has 0 aromatic heterocycles. The van der Waals surface area contributed by atoms with Crippen molar-refractivity contribution in [3.05, 3.63) is 66.2 Å². The van der Waals surface area contributed by atoms with Crippen LogP contribution in [0.5, 0.6) is 0 Å².